The van der Waals surface area contributed by atoms with Crippen LogP contribution in [0.3, 0.4) is 0 Å². The highest BCUT2D eigenvalue weighted by Crippen LogP contribution is 2.10. The molecule has 0 aliphatic carbocycles. The second-order valence-corrected chi connectivity index (χ2v) is 5.87. The van der Waals surface area contributed by atoms with Gasteiger partial charge in [-0.1, -0.05) is 0 Å². The molecular formula is C13H29N3O3. The van der Waals surface area contributed by atoms with Crippen LogP contribution in [0.5, 0.6) is 0 Å². The average molecular weight is 275 g/mol. The van der Waals surface area contributed by atoms with Gasteiger partial charge < -0.3 is 25.8 Å². The summed E-state index contributed by atoms with van der Waals surface area (Å²) >= 11 is 0. The van der Waals surface area contributed by atoms with Crippen molar-refractivity contribution in [2.24, 2.45) is 5.73 Å². The van der Waals surface area contributed by atoms with Gasteiger partial charge in [0, 0.05) is 32.2 Å². The Kier molecular flexibility index (Phi) is 7.97. The number of amides is 1. The van der Waals surface area contributed by atoms with Gasteiger partial charge in [-0.2, -0.15) is 0 Å². The van der Waals surface area contributed by atoms with Crippen LogP contribution in [0.1, 0.15) is 34.6 Å². The Morgan fingerprint density at radius 3 is 2.42 bits per heavy atom. The summed E-state index contributed by atoms with van der Waals surface area (Å²) in [7, 11) is 0. The van der Waals surface area contributed by atoms with Crippen LogP contribution in [-0.2, 0) is 4.74 Å². The van der Waals surface area contributed by atoms with Gasteiger partial charge in [-0.25, -0.2) is 4.79 Å². The SMILES string of the molecule is CC(O)CN(CCNC(C)CN)C(=O)OC(C)(C)C. The van der Waals surface area contributed by atoms with E-state index >= 15 is 0 Å². The maximum atomic E-state index is 12.0. The summed E-state index contributed by atoms with van der Waals surface area (Å²) in [5.41, 5.74) is 4.97. The first-order chi connectivity index (χ1) is 8.65. The summed E-state index contributed by atoms with van der Waals surface area (Å²) < 4.78 is 5.31. The molecule has 0 rings (SSSR count). The number of rotatable bonds is 7. The second-order valence-electron chi connectivity index (χ2n) is 5.87. The molecule has 2 atom stereocenters. The van der Waals surface area contributed by atoms with E-state index in [0.29, 0.717) is 19.6 Å². The minimum atomic E-state index is -0.584. The standard InChI is InChI=1S/C13H29N3O3/c1-10(8-14)15-6-7-16(9-11(2)17)12(18)19-13(3,4)5/h10-11,15,17H,6-9,14H2,1-5H3. The quantitative estimate of drug-likeness (QED) is 0.631. The van der Waals surface area contributed by atoms with E-state index in [1.165, 1.54) is 4.90 Å². The molecule has 0 saturated heterocycles. The molecule has 114 valence electrons. The molecule has 0 fully saturated rings. The molecule has 0 spiro atoms. The van der Waals surface area contributed by atoms with Gasteiger partial charge in [0.2, 0.25) is 0 Å². The molecule has 6 heteroatoms. The number of nitrogens with two attached hydrogens (primary N) is 1. The molecule has 0 aromatic heterocycles. The molecule has 0 radical (unpaired) electrons. The van der Waals surface area contributed by atoms with Crippen molar-refractivity contribution < 1.29 is 14.6 Å². The van der Waals surface area contributed by atoms with Crippen molar-refractivity contribution >= 4 is 6.09 Å². The van der Waals surface area contributed by atoms with Crippen LogP contribution in [0.15, 0.2) is 0 Å². The number of aliphatic hydroxyl groups is 1. The Hall–Kier alpha value is -0.850. The van der Waals surface area contributed by atoms with E-state index in [0.717, 1.165) is 0 Å². The van der Waals surface area contributed by atoms with Crippen LogP contribution < -0.4 is 11.1 Å². The van der Waals surface area contributed by atoms with E-state index in [-0.39, 0.29) is 12.6 Å². The van der Waals surface area contributed by atoms with Crippen molar-refractivity contribution in [1.29, 1.82) is 0 Å². The number of hydrogen-bond donors (Lipinski definition) is 3. The predicted molar refractivity (Wildman–Crippen MR) is 76.0 cm³/mol. The van der Waals surface area contributed by atoms with Crippen molar-refractivity contribution in [1.82, 2.24) is 10.2 Å². The average Bonchev–Trinajstić information content (AvgIpc) is 2.24. The number of hydrogen-bond acceptors (Lipinski definition) is 5. The highest BCUT2D eigenvalue weighted by molar-refractivity contribution is 5.68. The summed E-state index contributed by atoms with van der Waals surface area (Å²) in [5.74, 6) is 0. The third-order valence-electron chi connectivity index (χ3n) is 2.36. The van der Waals surface area contributed by atoms with E-state index in [1.54, 1.807) is 6.92 Å². The van der Waals surface area contributed by atoms with Gasteiger partial charge in [0.15, 0.2) is 0 Å². The Bertz CT molecular complexity index is 264. The third-order valence-corrected chi connectivity index (χ3v) is 2.36. The molecule has 0 aromatic rings. The Balaban J connectivity index is 4.34. The lowest BCUT2D eigenvalue weighted by atomic mass is 10.2. The van der Waals surface area contributed by atoms with E-state index in [1.807, 2.05) is 27.7 Å². The number of carbonyl (C=O) groups excluding carboxylic acids is 1. The molecular weight excluding hydrogens is 246 g/mol. The zero-order valence-corrected chi connectivity index (χ0v) is 12.8. The maximum absolute atomic E-state index is 12.0. The van der Waals surface area contributed by atoms with Gasteiger partial charge in [0.05, 0.1) is 6.10 Å². The number of ether oxygens (including phenoxy) is 1. The fourth-order valence-corrected chi connectivity index (χ4v) is 1.43. The highest BCUT2D eigenvalue weighted by Gasteiger charge is 2.22. The van der Waals surface area contributed by atoms with Crippen LogP contribution in [0, 0.1) is 0 Å². The third kappa shape index (κ3) is 9.69. The second kappa shape index (κ2) is 8.35. The molecule has 0 heterocycles. The number of nitrogens with zero attached hydrogens (tertiary/aromatic N) is 1. The molecule has 19 heavy (non-hydrogen) atoms. The van der Waals surface area contributed by atoms with Crippen molar-refractivity contribution in [3.8, 4) is 0 Å². The van der Waals surface area contributed by atoms with E-state index in [9.17, 15) is 9.90 Å². The fourth-order valence-electron chi connectivity index (χ4n) is 1.43. The van der Waals surface area contributed by atoms with Gasteiger partial charge in [-0.3, -0.25) is 0 Å². The molecule has 0 aliphatic heterocycles. The molecule has 4 N–H and O–H groups in total. The maximum Gasteiger partial charge on any atom is 0.410 e. The fraction of sp³-hybridized carbons (Fsp3) is 0.923. The summed E-state index contributed by atoms with van der Waals surface area (Å²) in [4.78, 5) is 13.5. The number of nitrogens with one attached hydrogen (secondary N) is 1. The Labute approximate surface area is 116 Å². The molecule has 1 amide bonds. The van der Waals surface area contributed by atoms with E-state index in [4.69, 9.17) is 10.5 Å². The zero-order valence-electron chi connectivity index (χ0n) is 12.8. The number of aliphatic hydroxyl groups excluding tert-OH is 1. The van der Waals surface area contributed by atoms with E-state index < -0.39 is 17.8 Å². The normalized spacial score (nSPS) is 14.9. The molecule has 0 bridgehead atoms. The first-order valence-corrected chi connectivity index (χ1v) is 6.75. The molecule has 0 aliphatic rings. The van der Waals surface area contributed by atoms with Crippen molar-refractivity contribution in [3.63, 3.8) is 0 Å². The smallest absolute Gasteiger partial charge is 0.410 e. The van der Waals surface area contributed by atoms with Crippen molar-refractivity contribution in [3.05, 3.63) is 0 Å². The Morgan fingerprint density at radius 1 is 1.42 bits per heavy atom. The first kappa shape index (κ1) is 18.1. The van der Waals surface area contributed by atoms with Gasteiger partial charge in [0.1, 0.15) is 5.60 Å². The molecule has 6 nitrogen and oxygen atoms in total. The summed E-state index contributed by atoms with van der Waals surface area (Å²) in [5, 5.41) is 12.6. The lowest BCUT2D eigenvalue weighted by Gasteiger charge is -2.28. The molecule has 0 saturated carbocycles. The lowest BCUT2D eigenvalue weighted by molar-refractivity contribution is 0.0163. The van der Waals surface area contributed by atoms with Crippen LogP contribution in [-0.4, -0.2) is 60.0 Å². The lowest BCUT2D eigenvalue weighted by Crippen LogP contribution is -2.45. The monoisotopic (exact) mass is 275 g/mol. The summed E-state index contributed by atoms with van der Waals surface area (Å²) in [6.07, 6.45) is -0.991. The highest BCUT2D eigenvalue weighted by atomic mass is 16.6. The predicted octanol–water partition coefficient (Wildman–Crippen LogP) is 0.541. The van der Waals surface area contributed by atoms with Gasteiger partial charge in [-0.15, -0.1) is 0 Å². The van der Waals surface area contributed by atoms with Gasteiger partial charge in [-0.05, 0) is 34.6 Å². The van der Waals surface area contributed by atoms with Crippen LogP contribution in [0.25, 0.3) is 0 Å². The first-order valence-electron chi connectivity index (χ1n) is 6.75. The van der Waals surface area contributed by atoms with Crippen molar-refractivity contribution in [2.45, 2.75) is 52.4 Å². The topological polar surface area (TPSA) is 87.8 Å². The van der Waals surface area contributed by atoms with Crippen LogP contribution in [0.2, 0.25) is 0 Å². The van der Waals surface area contributed by atoms with Crippen molar-refractivity contribution in [2.75, 3.05) is 26.2 Å². The molecule has 2 unspecified atom stereocenters. The zero-order chi connectivity index (χ0) is 15.1. The van der Waals surface area contributed by atoms with Gasteiger partial charge >= 0.3 is 6.09 Å². The summed E-state index contributed by atoms with van der Waals surface area (Å²) in [6, 6.07) is 0.201. The summed E-state index contributed by atoms with van der Waals surface area (Å²) in [6.45, 7) is 11.0. The van der Waals surface area contributed by atoms with Gasteiger partial charge in [0.25, 0.3) is 0 Å². The minimum absolute atomic E-state index is 0.201. The number of carbonyl (C=O) groups is 1. The van der Waals surface area contributed by atoms with Crippen LogP contribution in [0.4, 0.5) is 4.79 Å². The minimum Gasteiger partial charge on any atom is -0.444 e. The van der Waals surface area contributed by atoms with E-state index in [2.05, 4.69) is 5.32 Å². The molecule has 0 aromatic carbocycles. The largest absolute Gasteiger partial charge is 0.444 e. The van der Waals surface area contributed by atoms with Crippen LogP contribution >= 0.6 is 0 Å². The Morgan fingerprint density at radius 2 is 2.00 bits per heavy atom.